The molecule has 0 saturated carbocycles. The minimum absolute atomic E-state index is 0.188. The van der Waals surface area contributed by atoms with Gasteiger partial charge in [-0.25, -0.2) is 4.79 Å². The van der Waals surface area contributed by atoms with Crippen molar-refractivity contribution in [2.45, 2.75) is 39.5 Å². The molecular formula is C23H27NO3. The predicted octanol–water partition coefficient (Wildman–Crippen LogP) is 4.03. The average molecular weight is 365 g/mol. The number of nitrogens with zero attached hydrogens (tertiary/aromatic N) is 1. The van der Waals surface area contributed by atoms with Crippen LogP contribution in [0.4, 0.5) is 0 Å². The molecule has 1 aliphatic heterocycles. The largest absolute Gasteiger partial charge is 0.478 e. The van der Waals surface area contributed by atoms with E-state index in [0.29, 0.717) is 17.9 Å². The van der Waals surface area contributed by atoms with Crippen LogP contribution in [-0.4, -0.2) is 35.0 Å². The Kier molecular flexibility index (Phi) is 5.94. The Labute approximate surface area is 160 Å². The second-order valence-electron chi connectivity index (χ2n) is 7.60. The van der Waals surface area contributed by atoms with E-state index in [4.69, 9.17) is 0 Å². The SMILES string of the molecule is Cc1ccc(C)c(CC(=O)N2CCC(Cc3ccccc3C(=O)O)CC2)c1. The van der Waals surface area contributed by atoms with Gasteiger partial charge < -0.3 is 10.0 Å². The zero-order valence-electron chi connectivity index (χ0n) is 16.1. The monoisotopic (exact) mass is 365 g/mol. The number of carbonyl (C=O) groups is 2. The van der Waals surface area contributed by atoms with Crippen molar-refractivity contribution in [1.29, 1.82) is 0 Å². The molecule has 0 radical (unpaired) electrons. The average Bonchev–Trinajstić information content (AvgIpc) is 2.65. The highest BCUT2D eigenvalue weighted by Gasteiger charge is 2.24. The fourth-order valence-corrected chi connectivity index (χ4v) is 3.87. The predicted molar refractivity (Wildman–Crippen MR) is 106 cm³/mol. The van der Waals surface area contributed by atoms with Gasteiger partial charge in [0.05, 0.1) is 12.0 Å². The first-order valence-corrected chi connectivity index (χ1v) is 9.59. The Morgan fingerprint density at radius 1 is 1.04 bits per heavy atom. The van der Waals surface area contributed by atoms with Crippen molar-refractivity contribution < 1.29 is 14.7 Å². The fraction of sp³-hybridized carbons (Fsp3) is 0.391. The van der Waals surface area contributed by atoms with Gasteiger partial charge >= 0.3 is 5.97 Å². The lowest BCUT2D eigenvalue weighted by Gasteiger charge is -2.32. The minimum atomic E-state index is -0.869. The standard InChI is InChI=1S/C23H27NO3/c1-16-7-8-17(2)20(13-16)15-22(25)24-11-9-18(10-12-24)14-19-5-3-4-6-21(19)23(26)27/h3-8,13,18H,9-12,14-15H2,1-2H3,(H,26,27). The van der Waals surface area contributed by atoms with Gasteiger partial charge in [-0.2, -0.15) is 0 Å². The summed E-state index contributed by atoms with van der Waals surface area (Å²) < 4.78 is 0. The smallest absolute Gasteiger partial charge is 0.335 e. The summed E-state index contributed by atoms with van der Waals surface area (Å²) in [5.74, 6) is -0.255. The minimum Gasteiger partial charge on any atom is -0.478 e. The third kappa shape index (κ3) is 4.76. The molecule has 1 N–H and O–H groups in total. The zero-order valence-corrected chi connectivity index (χ0v) is 16.1. The number of aryl methyl sites for hydroxylation is 2. The van der Waals surface area contributed by atoms with Gasteiger partial charge in [0.25, 0.3) is 0 Å². The van der Waals surface area contributed by atoms with E-state index in [1.165, 1.54) is 5.56 Å². The Balaban J connectivity index is 1.57. The number of piperidine rings is 1. The number of rotatable bonds is 5. The highest BCUT2D eigenvalue weighted by Crippen LogP contribution is 2.24. The van der Waals surface area contributed by atoms with E-state index in [9.17, 15) is 14.7 Å². The van der Waals surface area contributed by atoms with Crippen LogP contribution in [0.25, 0.3) is 0 Å². The number of likely N-dealkylation sites (tertiary alicyclic amines) is 1. The van der Waals surface area contributed by atoms with Gasteiger partial charge in [0.1, 0.15) is 0 Å². The van der Waals surface area contributed by atoms with Crippen molar-refractivity contribution in [3.05, 3.63) is 70.3 Å². The number of benzene rings is 2. The summed E-state index contributed by atoms with van der Waals surface area (Å²) in [4.78, 5) is 26.0. The van der Waals surface area contributed by atoms with Crippen molar-refractivity contribution in [3.8, 4) is 0 Å². The maximum Gasteiger partial charge on any atom is 0.335 e. The lowest BCUT2D eigenvalue weighted by Crippen LogP contribution is -2.39. The number of carboxylic acid groups (broad SMARTS) is 1. The molecule has 0 unspecified atom stereocenters. The first-order valence-electron chi connectivity index (χ1n) is 9.59. The first kappa shape index (κ1) is 19.2. The summed E-state index contributed by atoms with van der Waals surface area (Å²) in [5.41, 5.74) is 4.74. The number of hydrogen-bond donors (Lipinski definition) is 1. The van der Waals surface area contributed by atoms with Crippen LogP contribution < -0.4 is 0 Å². The van der Waals surface area contributed by atoms with E-state index in [1.54, 1.807) is 12.1 Å². The Bertz CT molecular complexity index is 835. The lowest BCUT2D eigenvalue weighted by atomic mass is 9.88. The first-order chi connectivity index (χ1) is 12.9. The van der Waals surface area contributed by atoms with Crippen molar-refractivity contribution in [1.82, 2.24) is 4.90 Å². The maximum absolute atomic E-state index is 12.7. The van der Waals surface area contributed by atoms with Crippen LogP contribution in [0.3, 0.4) is 0 Å². The zero-order chi connectivity index (χ0) is 19.4. The highest BCUT2D eigenvalue weighted by molar-refractivity contribution is 5.89. The van der Waals surface area contributed by atoms with Crippen LogP contribution in [0.1, 0.15) is 45.5 Å². The van der Waals surface area contributed by atoms with E-state index >= 15 is 0 Å². The molecule has 2 aromatic rings. The molecule has 0 aliphatic carbocycles. The topological polar surface area (TPSA) is 57.6 Å². The van der Waals surface area contributed by atoms with Gasteiger partial charge in [-0.05, 0) is 61.8 Å². The third-order valence-electron chi connectivity index (χ3n) is 5.57. The molecule has 1 saturated heterocycles. The summed E-state index contributed by atoms with van der Waals surface area (Å²) in [6.45, 7) is 5.61. The molecule has 1 aliphatic rings. The van der Waals surface area contributed by atoms with E-state index < -0.39 is 5.97 Å². The molecule has 4 heteroatoms. The van der Waals surface area contributed by atoms with Gasteiger partial charge in [0, 0.05) is 13.1 Å². The Morgan fingerprint density at radius 3 is 2.44 bits per heavy atom. The Morgan fingerprint density at radius 2 is 1.74 bits per heavy atom. The summed E-state index contributed by atoms with van der Waals surface area (Å²) in [6, 6.07) is 13.5. The molecule has 1 heterocycles. The second kappa shape index (κ2) is 8.38. The summed E-state index contributed by atoms with van der Waals surface area (Å²) in [7, 11) is 0. The number of hydrogen-bond acceptors (Lipinski definition) is 2. The molecular weight excluding hydrogens is 338 g/mol. The third-order valence-corrected chi connectivity index (χ3v) is 5.57. The van der Waals surface area contributed by atoms with Crippen LogP contribution in [0, 0.1) is 19.8 Å². The lowest BCUT2D eigenvalue weighted by molar-refractivity contribution is -0.131. The maximum atomic E-state index is 12.7. The van der Waals surface area contributed by atoms with Gasteiger partial charge in [-0.15, -0.1) is 0 Å². The van der Waals surface area contributed by atoms with Crippen LogP contribution in [0.5, 0.6) is 0 Å². The number of carboxylic acids is 1. The number of carbonyl (C=O) groups excluding carboxylic acids is 1. The van der Waals surface area contributed by atoms with Gasteiger partial charge in [0.2, 0.25) is 5.91 Å². The van der Waals surface area contributed by atoms with Crippen molar-refractivity contribution >= 4 is 11.9 Å². The van der Waals surface area contributed by atoms with Crippen LogP contribution >= 0.6 is 0 Å². The van der Waals surface area contributed by atoms with Crippen LogP contribution in [0.2, 0.25) is 0 Å². The molecule has 0 bridgehead atoms. The van der Waals surface area contributed by atoms with E-state index in [0.717, 1.165) is 49.0 Å². The number of amides is 1. The molecule has 2 aromatic carbocycles. The van der Waals surface area contributed by atoms with E-state index in [-0.39, 0.29) is 5.91 Å². The van der Waals surface area contributed by atoms with Gasteiger partial charge in [0.15, 0.2) is 0 Å². The molecule has 1 amide bonds. The van der Waals surface area contributed by atoms with Crippen molar-refractivity contribution in [3.63, 3.8) is 0 Å². The van der Waals surface area contributed by atoms with Crippen LogP contribution in [-0.2, 0) is 17.6 Å². The summed E-state index contributed by atoms with van der Waals surface area (Å²) >= 11 is 0. The molecule has 0 aromatic heterocycles. The quantitative estimate of drug-likeness (QED) is 0.870. The highest BCUT2D eigenvalue weighted by atomic mass is 16.4. The van der Waals surface area contributed by atoms with Crippen molar-refractivity contribution in [2.75, 3.05) is 13.1 Å². The normalized spacial score (nSPS) is 15.0. The number of aromatic carboxylic acids is 1. The molecule has 142 valence electrons. The van der Waals surface area contributed by atoms with Crippen molar-refractivity contribution in [2.24, 2.45) is 5.92 Å². The summed E-state index contributed by atoms with van der Waals surface area (Å²) in [5, 5.41) is 9.34. The van der Waals surface area contributed by atoms with Gasteiger partial charge in [-0.3, -0.25) is 4.79 Å². The van der Waals surface area contributed by atoms with E-state index in [2.05, 4.69) is 18.2 Å². The molecule has 3 rings (SSSR count). The molecule has 0 atom stereocenters. The molecule has 0 spiro atoms. The molecule has 1 fully saturated rings. The van der Waals surface area contributed by atoms with Gasteiger partial charge in [-0.1, -0.05) is 42.0 Å². The second-order valence-corrected chi connectivity index (χ2v) is 7.60. The molecule has 27 heavy (non-hydrogen) atoms. The fourth-order valence-electron chi connectivity index (χ4n) is 3.87. The van der Waals surface area contributed by atoms with E-state index in [1.807, 2.05) is 30.9 Å². The van der Waals surface area contributed by atoms with Crippen LogP contribution in [0.15, 0.2) is 42.5 Å². The summed E-state index contributed by atoms with van der Waals surface area (Å²) in [6.07, 6.45) is 3.07. The molecule has 4 nitrogen and oxygen atoms in total. The Hall–Kier alpha value is -2.62.